The monoisotopic (exact) mass is 493 g/mol. The van der Waals surface area contributed by atoms with E-state index in [-0.39, 0.29) is 18.5 Å². The Bertz CT molecular complexity index is 1050. The molecular weight excluding hydrogens is 462 g/mol. The first-order chi connectivity index (χ1) is 15.6. The van der Waals surface area contributed by atoms with E-state index in [4.69, 9.17) is 11.6 Å². The summed E-state index contributed by atoms with van der Waals surface area (Å²) in [4.78, 5) is 28.0. The highest BCUT2D eigenvalue weighted by atomic mass is 35.5. The Balaban J connectivity index is 2.43. The number of para-hydroxylation sites is 1. The molecule has 33 heavy (non-hydrogen) atoms. The molecule has 1 N–H and O–H groups in total. The molecule has 2 aromatic rings. The van der Waals surface area contributed by atoms with Gasteiger partial charge in [0.05, 0.1) is 11.9 Å². The Hall–Kier alpha value is -2.58. The summed E-state index contributed by atoms with van der Waals surface area (Å²) in [5.41, 5.74) is 1.05. The fourth-order valence-electron chi connectivity index (χ4n) is 3.38. The zero-order valence-electron chi connectivity index (χ0n) is 19.5. The molecule has 0 bridgehead atoms. The number of halogens is 1. The highest BCUT2D eigenvalue weighted by Gasteiger charge is 2.32. The van der Waals surface area contributed by atoms with Crippen LogP contribution in [0.2, 0.25) is 5.02 Å². The van der Waals surface area contributed by atoms with Gasteiger partial charge < -0.3 is 10.2 Å². The summed E-state index contributed by atoms with van der Waals surface area (Å²) in [6.07, 6.45) is 2.16. The highest BCUT2D eigenvalue weighted by molar-refractivity contribution is 7.92. The maximum atomic E-state index is 13.5. The molecule has 0 saturated heterocycles. The van der Waals surface area contributed by atoms with Gasteiger partial charge in [-0.25, -0.2) is 8.42 Å². The number of anilines is 1. The van der Waals surface area contributed by atoms with Crippen LogP contribution >= 0.6 is 11.6 Å². The number of amides is 2. The zero-order valence-corrected chi connectivity index (χ0v) is 21.1. The molecule has 9 heteroatoms. The lowest BCUT2D eigenvalue weighted by atomic mass is 10.1. The van der Waals surface area contributed by atoms with Crippen LogP contribution in [0.25, 0.3) is 0 Å². The predicted octanol–water partition coefficient (Wildman–Crippen LogP) is 3.83. The molecule has 2 rings (SSSR count). The predicted molar refractivity (Wildman–Crippen MR) is 133 cm³/mol. The third-order valence-corrected chi connectivity index (χ3v) is 6.92. The van der Waals surface area contributed by atoms with Gasteiger partial charge in [-0.3, -0.25) is 13.9 Å². The van der Waals surface area contributed by atoms with Gasteiger partial charge in [0.15, 0.2) is 0 Å². The van der Waals surface area contributed by atoms with Crippen molar-refractivity contribution < 1.29 is 18.0 Å². The molecule has 0 aliphatic rings. The summed E-state index contributed by atoms with van der Waals surface area (Å²) in [5.74, 6) is -0.770. The molecule has 0 unspecified atom stereocenters. The van der Waals surface area contributed by atoms with Crippen LogP contribution in [0, 0.1) is 0 Å². The van der Waals surface area contributed by atoms with Crippen LogP contribution in [0.15, 0.2) is 54.6 Å². The van der Waals surface area contributed by atoms with Gasteiger partial charge >= 0.3 is 0 Å². The van der Waals surface area contributed by atoms with Gasteiger partial charge in [-0.15, -0.1) is 0 Å². The van der Waals surface area contributed by atoms with Gasteiger partial charge in [-0.2, -0.15) is 0 Å². The van der Waals surface area contributed by atoms with Crippen molar-refractivity contribution in [2.75, 3.05) is 17.1 Å². The second-order valence-electron chi connectivity index (χ2n) is 7.96. The molecular formula is C24H32ClN3O4S. The summed E-state index contributed by atoms with van der Waals surface area (Å²) in [5, 5.41) is 3.40. The standard InChI is InChI=1S/C24H32ClN3O4S/c1-5-18(3)26-24(30)22(6-2)27(16-19-12-10-11-15-21(19)25)23(29)17-28(33(4,31)32)20-13-8-7-9-14-20/h7-15,18,22H,5-6,16-17H2,1-4H3,(H,26,30)/t18-,22-/m1/s1. The minimum atomic E-state index is -3.74. The lowest BCUT2D eigenvalue weighted by molar-refractivity contribution is -0.140. The van der Waals surface area contributed by atoms with E-state index in [1.165, 1.54) is 4.90 Å². The number of sulfonamides is 1. The first-order valence-corrected chi connectivity index (χ1v) is 13.2. The average molecular weight is 494 g/mol. The van der Waals surface area contributed by atoms with Crippen LogP contribution in [-0.4, -0.2) is 50.0 Å². The quantitative estimate of drug-likeness (QED) is 0.515. The van der Waals surface area contributed by atoms with Crippen LogP contribution in [-0.2, 0) is 26.2 Å². The molecule has 2 aromatic carbocycles. The molecule has 2 atom stereocenters. The number of benzene rings is 2. The minimum absolute atomic E-state index is 0.0550. The van der Waals surface area contributed by atoms with Crippen molar-refractivity contribution in [2.45, 2.75) is 52.2 Å². The smallest absolute Gasteiger partial charge is 0.244 e. The fraction of sp³-hybridized carbons (Fsp3) is 0.417. The third kappa shape index (κ3) is 7.47. The Morgan fingerprint density at radius 2 is 1.61 bits per heavy atom. The number of hydrogen-bond donors (Lipinski definition) is 1. The van der Waals surface area contributed by atoms with Crippen molar-refractivity contribution in [1.82, 2.24) is 10.2 Å². The van der Waals surface area contributed by atoms with Crippen molar-refractivity contribution in [1.29, 1.82) is 0 Å². The van der Waals surface area contributed by atoms with E-state index in [0.717, 1.165) is 17.0 Å². The Morgan fingerprint density at radius 1 is 1.00 bits per heavy atom. The van der Waals surface area contributed by atoms with Crippen molar-refractivity contribution in [3.05, 3.63) is 65.2 Å². The van der Waals surface area contributed by atoms with Gasteiger partial charge in [0.25, 0.3) is 0 Å². The maximum Gasteiger partial charge on any atom is 0.244 e. The lowest BCUT2D eigenvalue weighted by Gasteiger charge is -2.33. The number of hydrogen-bond acceptors (Lipinski definition) is 4. The summed E-state index contributed by atoms with van der Waals surface area (Å²) < 4.78 is 26.1. The van der Waals surface area contributed by atoms with E-state index in [0.29, 0.717) is 22.7 Å². The highest BCUT2D eigenvalue weighted by Crippen LogP contribution is 2.22. The summed E-state index contributed by atoms with van der Waals surface area (Å²) in [6.45, 7) is 5.32. The van der Waals surface area contributed by atoms with E-state index in [9.17, 15) is 18.0 Å². The number of rotatable bonds is 11. The maximum absolute atomic E-state index is 13.5. The van der Waals surface area contributed by atoms with Crippen LogP contribution in [0.3, 0.4) is 0 Å². The number of carbonyl (C=O) groups is 2. The molecule has 0 fully saturated rings. The second kappa shape index (κ2) is 12.0. The van der Waals surface area contributed by atoms with E-state index in [1.54, 1.807) is 54.6 Å². The van der Waals surface area contributed by atoms with E-state index in [1.807, 2.05) is 20.8 Å². The molecule has 0 aliphatic heterocycles. The van der Waals surface area contributed by atoms with Crippen molar-refractivity contribution in [2.24, 2.45) is 0 Å². The topological polar surface area (TPSA) is 86.8 Å². The van der Waals surface area contributed by atoms with Crippen molar-refractivity contribution in [3.8, 4) is 0 Å². The molecule has 0 saturated carbocycles. The van der Waals surface area contributed by atoms with Crippen LogP contribution < -0.4 is 9.62 Å². The van der Waals surface area contributed by atoms with Gasteiger partial charge in [0.2, 0.25) is 21.8 Å². The van der Waals surface area contributed by atoms with Gasteiger partial charge in [0.1, 0.15) is 12.6 Å². The SMILES string of the molecule is CC[C@@H](C)NC(=O)[C@@H](CC)N(Cc1ccccc1Cl)C(=O)CN(c1ccccc1)S(C)(=O)=O. The largest absolute Gasteiger partial charge is 0.352 e. The Kier molecular flexibility index (Phi) is 9.73. The molecule has 7 nitrogen and oxygen atoms in total. The molecule has 0 aliphatic carbocycles. The number of carbonyl (C=O) groups excluding carboxylic acids is 2. The fourth-order valence-corrected chi connectivity index (χ4v) is 4.42. The first kappa shape index (κ1) is 26.7. The van der Waals surface area contributed by atoms with Crippen LogP contribution in [0.4, 0.5) is 5.69 Å². The first-order valence-electron chi connectivity index (χ1n) is 10.9. The van der Waals surface area contributed by atoms with Crippen LogP contribution in [0.5, 0.6) is 0 Å². The lowest BCUT2D eigenvalue weighted by Crippen LogP contribution is -2.53. The normalized spacial score (nSPS) is 13.1. The van der Waals surface area contributed by atoms with Gasteiger partial charge in [0, 0.05) is 17.6 Å². The minimum Gasteiger partial charge on any atom is -0.352 e. The number of nitrogens with zero attached hydrogens (tertiary/aromatic N) is 2. The summed E-state index contributed by atoms with van der Waals surface area (Å²) in [6, 6.07) is 14.7. The van der Waals surface area contributed by atoms with Gasteiger partial charge in [-0.1, -0.05) is 61.8 Å². The van der Waals surface area contributed by atoms with E-state index in [2.05, 4.69) is 5.32 Å². The van der Waals surface area contributed by atoms with E-state index >= 15 is 0 Å². The Morgan fingerprint density at radius 3 is 2.15 bits per heavy atom. The zero-order chi connectivity index (χ0) is 24.6. The molecule has 0 radical (unpaired) electrons. The second-order valence-corrected chi connectivity index (χ2v) is 10.3. The van der Waals surface area contributed by atoms with Crippen molar-refractivity contribution >= 4 is 39.1 Å². The molecule has 0 spiro atoms. The number of nitrogens with one attached hydrogen (secondary N) is 1. The molecule has 180 valence electrons. The molecule has 0 aromatic heterocycles. The summed E-state index contributed by atoms with van der Waals surface area (Å²) in [7, 11) is -3.74. The Labute approximate surface area is 201 Å². The van der Waals surface area contributed by atoms with Crippen LogP contribution in [0.1, 0.15) is 39.2 Å². The van der Waals surface area contributed by atoms with Gasteiger partial charge in [-0.05, 0) is 43.5 Å². The van der Waals surface area contributed by atoms with E-state index < -0.39 is 28.5 Å². The third-order valence-electron chi connectivity index (χ3n) is 5.41. The molecule has 2 amide bonds. The summed E-state index contributed by atoms with van der Waals surface area (Å²) >= 11 is 6.34. The molecule has 0 heterocycles. The average Bonchev–Trinajstić information content (AvgIpc) is 2.78. The van der Waals surface area contributed by atoms with Crippen molar-refractivity contribution in [3.63, 3.8) is 0 Å².